The van der Waals surface area contributed by atoms with Crippen LogP contribution in [0.1, 0.15) is 24.0 Å². The third-order valence-electron chi connectivity index (χ3n) is 3.16. The highest BCUT2D eigenvalue weighted by atomic mass is 16.1. The van der Waals surface area contributed by atoms with Crippen LogP contribution in [-0.2, 0) is 10.2 Å². The lowest BCUT2D eigenvalue weighted by Gasteiger charge is -2.37. The lowest BCUT2D eigenvalue weighted by Crippen LogP contribution is -2.42. The molecular formula is C13H14O. The number of allylic oxidation sites excluding steroid dienone is 1. The summed E-state index contributed by atoms with van der Waals surface area (Å²) in [4.78, 5) is 11.6. The van der Waals surface area contributed by atoms with E-state index in [9.17, 15) is 4.79 Å². The van der Waals surface area contributed by atoms with Crippen molar-refractivity contribution in [3.05, 3.63) is 48.0 Å². The molecule has 14 heavy (non-hydrogen) atoms. The first-order valence-corrected chi connectivity index (χ1v) is 4.93. The van der Waals surface area contributed by atoms with Crippen LogP contribution in [0.15, 0.2) is 36.9 Å². The van der Waals surface area contributed by atoms with Crippen molar-refractivity contribution in [3.63, 3.8) is 0 Å². The second-order valence-corrected chi connectivity index (χ2v) is 3.96. The maximum Gasteiger partial charge on any atom is 0.147 e. The molecule has 1 nitrogen and oxygen atoms in total. The predicted molar refractivity (Wildman–Crippen MR) is 57.3 cm³/mol. The van der Waals surface area contributed by atoms with Crippen LogP contribution in [0.4, 0.5) is 0 Å². The van der Waals surface area contributed by atoms with Gasteiger partial charge in [0.05, 0.1) is 5.41 Å². The highest BCUT2D eigenvalue weighted by Gasteiger charge is 2.44. The fourth-order valence-electron chi connectivity index (χ4n) is 1.99. The lowest BCUT2D eigenvalue weighted by molar-refractivity contribution is -0.129. The van der Waals surface area contributed by atoms with Crippen molar-refractivity contribution in [2.24, 2.45) is 0 Å². The molecule has 0 N–H and O–H groups in total. The van der Waals surface area contributed by atoms with Crippen LogP contribution in [0.2, 0.25) is 0 Å². The fourth-order valence-corrected chi connectivity index (χ4v) is 1.99. The molecule has 0 heterocycles. The highest BCUT2D eigenvalue weighted by molar-refractivity contribution is 5.97. The SMILES string of the molecule is C=C[C@]1(c2ccc(C)cc2)CCC1=O. The Bertz CT molecular complexity index is 375. The fraction of sp³-hybridized carbons (Fsp3) is 0.308. The van der Waals surface area contributed by atoms with Gasteiger partial charge < -0.3 is 0 Å². The second-order valence-electron chi connectivity index (χ2n) is 3.96. The third-order valence-corrected chi connectivity index (χ3v) is 3.16. The van der Waals surface area contributed by atoms with Crippen molar-refractivity contribution < 1.29 is 4.79 Å². The molecular weight excluding hydrogens is 172 g/mol. The molecule has 0 aliphatic heterocycles. The average molecular weight is 186 g/mol. The number of carbonyl (C=O) groups excluding carboxylic acids is 1. The van der Waals surface area contributed by atoms with Gasteiger partial charge in [0.1, 0.15) is 5.78 Å². The molecule has 1 aliphatic rings. The molecule has 0 bridgehead atoms. The van der Waals surface area contributed by atoms with Crippen LogP contribution in [0.25, 0.3) is 0 Å². The monoisotopic (exact) mass is 186 g/mol. The van der Waals surface area contributed by atoms with Gasteiger partial charge in [-0.1, -0.05) is 35.9 Å². The average Bonchev–Trinajstić information content (AvgIpc) is 2.20. The topological polar surface area (TPSA) is 17.1 Å². The number of benzene rings is 1. The summed E-state index contributed by atoms with van der Waals surface area (Å²) in [7, 11) is 0. The van der Waals surface area contributed by atoms with Gasteiger partial charge in [-0.25, -0.2) is 0 Å². The van der Waals surface area contributed by atoms with Crippen molar-refractivity contribution in [2.75, 3.05) is 0 Å². The molecule has 1 aliphatic carbocycles. The van der Waals surface area contributed by atoms with Gasteiger partial charge in [-0.3, -0.25) is 4.79 Å². The van der Waals surface area contributed by atoms with E-state index >= 15 is 0 Å². The summed E-state index contributed by atoms with van der Waals surface area (Å²) in [6.07, 6.45) is 3.40. The quantitative estimate of drug-likeness (QED) is 0.649. The number of Topliss-reactive ketones (excluding diaryl/α,β-unsaturated/α-hetero) is 1. The van der Waals surface area contributed by atoms with Crippen LogP contribution in [-0.4, -0.2) is 5.78 Å². The Balaban J connectivity index is 2.42. The summed E-state index contributed by atoms with van der Waals surface area (Å²) < 4.78 is 0. The van der Waals surface area contributed by atoms with Crippen LogP contribution in [0, 0.1) is 6.92 Å². The first kappa shape index (κ1) is 9.20. The van der Waals surface area contributed by atoms with Gasteiger partial charge in [0, 0.05) is 6.42 Å². The third kappa shape index (κ3) is 1.12. The maximum atomic E-state index is 11.6. The molecule has 0 spiro atoms. The van der Waals surface area contributed by atoms with Gasteiger partial charge in [0.25, 0.3) is 0 Å². The molecule has 0 aromatic heterocycles. The molecule has 1 saturated carbocycles. The van der Waals surface area contributed by atoms with Crippen LogP contribution in [0.5, 0.6) is 0 Å². The Morgan fingerprint density at radius 2 is 2.00 bits per heavy atom. The Labute approximate surface area is 84.5 Å². The van der Waals surface area contributed by atoms with Gasteiger partial charge in [0.15, 0.2) is 0 Å². The lowest BCUT2D eigenvalue weighted by atomic mass is 9.63. The Hall–Kier alpha value is -1.37. The predicted octanol–water partition coefficient (Wildman–Crippen LogP) is 2.78. The molecule has 1 atom stereocenters. The van der Waals surface area contributed by atoms with Gasteiger partial charge in [-0.2, -0.15) is 0 Å². The number of carbonyl (C=O) groups is 1. The zero-order valence-corrected chi connectivity index (χ0v) is 8.42. The molecule has 1 aromatic carbocycles. The minimum atomic E-state index is -0.367. The molecule has 72 valence electrons. The number of hydrogen-bond donors (Lipinski definition) is 0. The molecule has 1 heteroatoms. The minimum Gasteiger partial charge on any atom is -0.298 e. The van der Waals surface area contributed by atoms with E-state index in [0.717, 1.165) is 12.0 Å². The second kappa shape index (κ2) is 3.09. The number of aryl methyl sites for hydroxylation is 1. The normalized spacial score (nSPS) is 25.6. The van der Waals surface area contributed by atoms with E-state index in [-0.39, 0.29) is 5.41 Å². The van der Waals surface area contributed by atoms with E-state index in [2.05, 4.69) is 6.58 Å². The first-order valence-electron chi connectivity index (χ1n) is 4.93. The summed E-state index contributed by atoms with van der Waals surface area (Å²) in [5, 5.41) is 0. The van der Waals surface area contributed by atoms with Crippen LogP contribution >= 0.6 is 0 Å². The Morgan fingerprint density at radius 3 is 2.36 bits per heavy atom. The number of rotatable bonds is 2. The van der Waals surface area contributed by atoms with Gasteiger partial charge in [-0.15, -0.1) is 6.58 Å². The first-order chi connectivity index (χ1) is 6.69. The summed E-state index contributed by atoms with van der Waals surface area (Å²) in [6, 6.07) is 8.17. The van der Waals surface area contributed by atoms with E-state index in [1.54, 1.807) is 6.08 Å². The van der Waals surface area contributed by atoms with Crippen molar-refractivity contribution in [3.8, 4) is 0 Å². The number of hydrogen-bond acceptors (Lipinski definition) is 1. The minimum absolute atomic E-state index is 0.302. The van der Waals surface area contributed by atoms with Gasteiger partial charge in [0.2, 0.25) is 0 Å². The molecule has 0 saturated heterocycles. The molecule has 1 fully saturated rings. The van der Waals surface area contributed by atoms with Crippen LogP contribution < -0.4 is 0 Å². The largest absolute Gasteiger partial charge is 0.298 e. The van der Waals surface area contributed by atoms with Crippen molar-refractivity contribution >= 4 is 5.78 Å². The number of ketones is 1. The highest BCUT2D eigenvalue weighted by Crippen LogP contribution is 2.41. The zero-order chi connectivity index (χ0) is 10.2. The van der Waals surface area contributed by atoms with Gasteiger partial charge >= 0.3 is 0 Å². The molecule has 2 rings (SSSR count). The molecule has 0 unspecified atom stereocenters. The van der Waals surface area contributed by atoms with Gasteiger partial charge in [-0.05, 0) is 18.9 Å². The van der Waals surface area contributed by atoms with E-state index in [1.165, 1.54) is 5.56 Å². The summed E-state index contributed by atoms with van der Waals surface area (Å²) in [6.45, 7) is 5.83. The van der Waals surface area contributed by atoms with E-state index in [4.69, 9.17) is 0 Å². The van der Waals surface area contributed by atoms with E-state index in [1.807, 2.05) is 31.2 Å². The Morgan fingerprint density at radius 1 is 1.36 bits per heavy atom. The standard InChI is InChI=1S/C13H14O/c1-3-13(9-8-12(13)14)11-6-4-10(2)5-7-11/h3-7H,1,8-9H2,2H3/t13-/m1/s1. The molecule has 1 aromatic rings. The maximum absolute atomic E-state index is 11.6. The van der Waals surface area contributed by atoms with Crippen molar-refractivity contribution in [1.82, 2.24) is 0 Å². The van der Waals surface area contributed by atoms with Crippen molar-refractivity contribution in [1.29, 1.82) is 0 Å². The van der Waals surface area contributed by atoms with E-state index in [0.29, 0.717) is 12.2 Å². The van der Waals surface area contributed by atoms with Crippen LogP contribution in [0.3, 0.4) is 0 Å². The summed E-state index contributed by atoms with van der Waals surface area (Å²) in [5.74, 6) is 0.302. The summed E-state index contributed by atoms with van der Waals surface area (Å²) >= 11 is 0. The van der Waals surface area contributed by atoms with Crippen molar-refractivity contribution in [2.45, 2.75) is 25.2 Å². The smallest absolute Gasteiger partial charge is 0.147 e. The Kier molecular flexibility index (Phi) is 2.03. The molecule has 0 amide bonds. The summed E-state index contributed by atoms with van der Waals surface area (Å²) in [5.41, 5.74) is 1.95. The van der Waals surface area contributed by atoms with E-state index < -0.39 is 0 Å². The zero-order valence-electron chi connectivity index (χ0n) is 8.42. The molecule has 0 radical (unpaired) electrons.